The molecular formula is C15H11Cl2N3O2S. The molecule has 2 amide bonds. The number of nitrogens with one attached hydrogen (secondary N) is 2. The van der Waals surface area contributed by atoms with Crippen molar-refractivity contribution in [1.29, 1.82) is 0 Å². The normalized spacial score (nSPS) is 10.6. The Morgan fingerprint density at radius 1 is 1.17 bits per heavy atom. The van der Waals surface area contributed by atoms with Gasteiger partial charge in [0.05, 0.1) is 33.1 Å². The van der Waals surface area contributed by atoms with Crippen molar-refractivity contribution in [2.45, 2.75) is 0 Å². The van der Waals surface area contributed by atoms with Gasteiger partial charge in [0.15, 0.2) is 5.13 Å². The van der Waals surface area contributed by atoms with E-state index in [9.17, 15) is 4.79 Å². The Morgan fingerprint density at radius 3 is 2.61 bits per heavy atom. The van der Waals surface area contributed by atoms with Gasteiger partial charge in [-0.3, -0.25) is 5.32 Å². The van der Waals surface area contributed by atoms with E-state index < -0.39 is 6.03 Å². The number of anilines is 2. The summed E-state index contributed by atoms with van der Waals surface area (Å²) in [5.74, 6) is 0.736. The number of amides is 2. The first-order valence-electron chi connectivity index (χ1n) is 6.53. The number of nitrogens with zero attached hydrogens (tertiary/aromatic N) is 1. The van der Waals surface area contributed by atoms with Gasteiger partial charge in [-0.1, -0.05) is 40.6 Å². The number of ether oxygens (including phenoxy) is 1. The first-order chi connectivity index (χ1) is 11.1. The molecule has 0 atom stereocenters. The van der Waals surface area contributed by atoms with Gasteiger partial charge in [-0.15, -0.1) is 0 Å². The molecule has 23 heavy (non-hydrogen) atoms. The third-order valence-corrected chi connectivity index (χ3v) is 4.58. The van der Waals surface area contributed by atoms with E-state index in [4.69, 9.17) is 27.9 Å². The number of rotatable bonds is 3. The van der Waals surface area contributed by atoms with Gasteiger partial charge in [-0.2, -0.15) is 0 Å². The van der Waals surface area contributed by atoms with Gasteiger partial charge in [-0.25, -0.2) is 9.78 Å². The van der Waals surface area contributed by atoms with Crippen LogP contribution >= 0.6 is 34.5 Å². The topological polar surface area (TPSA) is 63.2 Å². The number of carbonyl (C=O) groups is 1. The number of hydrogen-bond acceptors (Lipinski definition) is 4. The zero-order chi connectivity index (χ0) is 16.4. The molecule has 3 aromatic rings. The molecule has 2 N–H and O–H groups in total. The molecule has 0 aliphatic rings. The molecule has 0 spiro atoms. The zero-order valence-electron chi connectivity index (χ0n) is 11.9. The quantitative estimate of drug-likeness (QED) is 0.663. The number of urea groups is 1. The SMILES string of the molecule is COc1ccc2nc(NC(=O)Nc3c(Cl)cccc3Cl)sc2c1. The molecule has 5 nitrogen and oxygen atoms in total. The maximum absolute atomic E-state index is 12.1. The van der Waals surface area contributed by atoms with Crippen LogP contribution in [0.4, 0.5) is 15.6 Å². The second-order valence-electron chi connectivity index (χ2n) is 4.53. The Kier molecular flexibility index (Phi) is 4.56. The summed E-state index contributed by atoms with van der Waals surface area (Å²) in [6.07, 6.45) is 0. The lowest BCUT2D eigenvalue weighted by molar-refractivity contribution is 0.262. The van der Waals surface area contributed by atoms with Gasteiger partial charge >= 0.3 is 6.03 Å². The predicted molar refractivity (Wildman–Crippen MR) is 95.3 cm³/mol. The van der Waals surface area contributed by atoms with Crippen LogP contribution in [0.25, 0.3) is 10.2 Å². The van der Waals surface area contributed by atoms with Gasteiger partial charge < -0.3 is 10.1 Å². The number of hydrogen-bond donors (Lipinski definition) is 2. The Morgan fingerprint density at radius 2 is 1.91 bits per heavy atom. The summed E-state index contributed by atoms with van der Waals surface area (Å²) in [6, 6.07) is 10.0. The van der Waals surface area contributed by atoms with E-state index in [0.717, 1.165) is 16.0 Å². The summed E-state index contributed by atoms with van der Waals surface area (Å²) in [7, 11) is 1.60. The van der Waals surface area contributed by atoms with Crippen LogP contribution in [0.2, 0.25) is 10.0 Å². The van der Waals surface area contributed by atoms with Gasteiger partial charge in [0.1, 0.15) is 5.75 Å². The molecule has 0 radical (unpaired) electrons. The highest BCUT2D eigenvalue weighted by molar-refractivity contribution is 7.22. The minimum absolute atomic E-state index is 0.358. The summed E-state index contributed by atoms with van der Waals surface area (Å²) in [5, 5.41) is 6.48. The van der Waals surface area contributed by atoms with Crippen molar-refractivity contribution in [3.8, 4) is 5.75 Å². The average molecular weight is 368 g/mol. The number of thiazole rings is 1. The lowest BCUT2D eigenvalue weighted by atomic mass is 10.3. The van der Waals surface area contributed by atoms with Crippen molar-refractivity contribution in [3.05, 3.63) is 46.4 Å². The molecular weight excluding hydrogens is 357 g/mol. The van der Waals surface area contributed by atoms with E-state index in [1.165, 1.54) is 11.3 Å². The standard InChI is InChI=1S/C15H11Cl2N3O2S/c1-22-8-5-6-11-12(7-8)23-15(18-11)20-14(21)19-13-9(16)3-2-4-10(13)17/h2-7H,1H3,(H2,18,19,20,21). The fourth-order valence-corrected chi connectivity index (χ4v) is 3.33. The summed E-state index contributed by atoms with van der Waals surface area (Å²) in [6.45, 7) is 0. The van der Waals surface area contributed by atoms with Crippen LogP contribution in [0.5, 0.6) is 5.75 Å². The van der Waals surface area contributed by atoms with Crippen LogP contribution in [0.3, 0.4) is 0 Å². The maximum Gasteiger partial charge on any atom is 0.325 e. The van der Waals surface area contributed by atoms with Gasteiger partial charge in [-0.05, 0) is 30.3 Å². The highest BCUT2D eigenvalue weighted by Crippen LogP contribution is 2.31. The highest BCUT2D eigenvalue weighted by Gasteiger charge is 2.12. The molecule has 118 valence electrons. The minimum atomic E-state index is -0.467. The molecule has 2 aromatic carbocycles. The summed E-state index contributed by atoms with van der Waals surface area (Å²) in [4.78, 5) is 16.4. The van der Waals surface area contributed by atoms with E-state index in [1.54, 1.807) is 25.3 Å². The maximum atomic E-state index is 12.1. The number of benzene rings is 2. The predicted octanol–water partition coefficient (Wildman–Crippen LogP) is 5.26. The second kappa shape index (κ2) is 6.62. The first kappa shape index (κ1) is 15.9. The van der Waals surface area contributed by atoms with Crippen molar-refractivity contribution in [2.24, 2.45) is 0 Å². The number of para-hydroxylation sites is 1. The average Bonchev–Trinajstić information content (AvgIpc) is 2.92. The van der Waals surface area contributed by atoms with Gasteiger partial charge in [0.25, 0.3) is 0 Å². The van der Waals surface area contributed by atoms with Crippen LogP contribution in [-0.2, 0) is 0 Å². The first-order valence-corrected chi connectivity index (χ1v) is 8.10. The molecule has 0 saturated heterocycles. The molecule has 0 unspecified atom stereocenters. The number of fused-ring (bicyclic) bond motifs is 1. The Hall–Kier alpha value is -2.02. The van der Waals surface area contributed by atoms with Crippen molar-refractivity contribution < 1.29 is 9.53 Å². The summed E-state index contributed by atoms with van der Waals surface area (Å²) >= 11 is 13.4. The van der Waals surface area contributed by atoms with Crippen LogP contribution in [0.15, 0.2) is 36.4 Å². The second-order valence-corrected chi connectivity index (χ2v) is 6.37. The third-order valence-electron chi connectivity index (χ3n) is 3.02. The summed E-state index contributed by atoms with van der Waals surface area (Å²) in [5.41, 5.74) is 1.14. The molecule has 0 aliphatic carbocycles. The van der Waals surface area contributed by atoms with E-state index in [-0.39, 0.29) is 0 Å². The smallest absolute Gasteiger partial charge is 0.325 e. The fraction of sp³-hybridized carbons (Fsp3) is 0.0667. The number of carbonyl (C=O) groups excluding carboxylic acids is 1. The fourth-order valence-electron chi connectivity index (χ4n) is 1.94. The van der Waals surface area contributed by atoms with Crippen LogP contribution in [-0.4, -0.2) is 18.1 Å². The van der Waals surface area contributed by atoms with Crippen molar-refractivity contribution in [2.75, 3.05) is 17.7 Å². The van der Waals surface area contributed by atoms with Gasteiger partial charge in [0, 0.05) is 0 Å². The molecule has 0 fully saturated rings. The number of methoxy groups -OCH3 is 1. The van der Waals surface area contributed by atoms with E-state index in [1.807, 2.05) is 18.2 Å². The third kappa shape index (κ3) is 3.50. The molecule has 1 aromatic heterocycles. The lowest BCUT2D eigenvalue weighted by Gasteiger charge is -2.08. The van der Waals surface area contributed by atoms with E-state index in [2.05, 4.69) is 15.6 Å². The summed E-state index contributed by atoms with van der Waals surface area (Å²) < 4.78 is 6.08. The zero-order valence-corrected chi connectivity index (χ0v) is 14.2. The van der Waals surface area contributed by atoms with Crippen LogP contribution < -0.4 is 15.4 Å². The highest BCUT2D eigenvalue weighted by atomic mass is 35.5. The Labute approximate surface area is 146 Å². The molecule has 0 saturated carbocycles. The molecule has 0 aliphatic heterocycles. The van der Waals surface area contributed by atoms with E-state index in [0.29, 0.717) is 20.9 Å². The minimum Gasteiger partial charge on any atom is -0.497 e. The van der Waals surface area contributed by atoms with Crippen molar-refractivity contribution >= 4 is 61.6 Å². The van der Waals surface area contributed by atoms with E-state index >= 15 is 0 Å². The molecule has 0 bridgehead atoms. The van der Waals surface area contributed by atoms with Gasteiger partial charge in [0.2, 0.25) is 0 Å². The Balaban J connectivity index is 1.77. The molecule has 1 heterocycles. The lowest BCUT2D eigenvalue weighted by Crippen LogP contribution is -2.19. The molecule has 8 heteroatoms. The Bertz CT molecular complexity index is 862. The largest absolute Gasteiger partial charge is 0.497 e. The molecule has 3 rings (SSSR count). The number of halogens is 2. The van der Waals surface area contributed by atoms with Crippen LogP contribution in [0.1, 0.15) is 0 Å². The monoisotopic (exact) mass is 367 g/mol. The van der Waals surface area contributed by atoms with Crippen LogP contribution in [0, 0.1) is 0 Å². The number of aromatic nitrogens is 1. The van der Waals surface area contributed by atoms with Crippen molar-refractivity contribution in [1.82, 2.24) is 4.98 Å². The van der Waals surface area contributed by atoms with Crippen molar-refractivity contribution in [3.63, 3.8) is 0 Å².